The molecule has 8 heteroatoms. The highest BCUT2D eigenvalue weighted by molar-refractivity contribution is 6.30. The summed E-state index contributed by atoms with van der Waals surface area (Å²) in [6, 6.07) is 7.11. The molecule has 0 amide bonds. The van der Waals surface area contributed by atoms with E-state index < -0.39 is 4.92 Å². The van der Waals surface area contributed by atoms with Crippen molar-refractivity contribution in [2.75, 3.05) is 17.7 Å². The van der Waals surface area contributed by atoms with Gasteiger partial charge in [0.1, 0.15) is 6.20 Å². The summed E-state index contributed by atoms with van der Waals surface area (Å²) in [6.07, 6.45) is 1.11. The number of hydrogen-bond acceptors (Lipinski definition) is 6. The fourth-order valence-corrected chi connectivity index (χ4v) is 2.04. The quantitative estimate of drug-likeness (QED) is 0.689. The van der Waals surface area contributed by atoms with Gasteiger partial charge in [0, 0.05) is 12.1 Å². The van der Waals surface area contributed by atoms with Crippen LogP contribution in [0, 0.1) is 10.1 Å². The molecule has 0 bridgehead atoms. The van der Waals surface area contributed by atoms with Crippen molar-refractivity contribution >= 4 is 29.1 Å². The minimum Gasteiger partial charge on any atom is -0.368 e. The van der Waals surface area contributed by atoms with Crippen LogP contribution in [0.15, 0.2) is 30.5 Å². The van der Waals surface area contributed by atoms with Crippen molar-refractivity contribution in [3.05, 3.63) is 51.2 Å². The summed E-state index contributed by atoms with van der Waals surface area (Å²) < 4.78 is 0. The summed E-state index contributed by atoms with van der Waals surface area (Å²) in [5, 5.41) is 11.7. The van der Waals surface area contributed by atoms with Crippen LogP contribution in [-0.4, -0.2) is 21.9 Å². The first-order valence-corrected chi connectivity index (χ1v) is 6.53. The van der Waals surface area contributed by atoms with E-state index in [1.165, 1.54) is 0 Å². The Morgan fingerprint density at radius 3 is 2.57 bits per heavy atom. The van der Waals surface area contributed by atoms with E-state index >= 15 is 0 Å². The maximum absolute atomic E-state index is 11.1. The molecule has 0 aliphatic heterocycles. The van der Waals surface area contributed by atoms with Gasteiger partial charge in [-0.15, -0.1) is 0 Å². The minimum absolute atomic E-state index is 0.00856. The number of nitrogen functional groups attached to an aromatic ring is 1. The molecule has 110 valence electrons. The number of nitrogens with zero attached hydrogens (tertiary/aromatic N) is 4. The molecule has 0 saturated carbocycles. The molecular weight excluding hydrogens is 294 g/mol. The van der Waals surface area contributed by atoms with Gasteiger partial charge in [-0.25, -0.2) is 4.98 Å². The average Bonchev–Trinajstić information content (AvgIpc) is 2.46. The first-order valence-electron chi connectivity index (χ1n) is 6.15. The highest BCUT2D eigenvalue weighted by Crippen LogP contribution is 2.31. The summed E-state index contributed by atoms with van der Waals surface area (Å²) in [5.74, 6) is 0.167. The molecule has 0 aliphatic rings. The fourth-order valence-electron chi connectivity index (χ4n) is 1.92. The topological polar surface area (TPSA) is 98.2 Å². The van der Waals surface area contributed by atoms with Crippen LogP contribution in [0.1, 0.15) is 18.5 Å². The van der Waals surface area contributed by atoms with Gasteiger partial charge in [-0.2, -0.15) is 4.98 Å². The third-order valence-electron chi connectivity index (χ3n) is 3.23. The average molecular weight is 308 g/mol. The lowest BCUT2D eigenvalue weighted by Gasteiger charge is -2.26. The zero-order chi connectivity index (χ0) is 15.6. The SMILES string of the molecule is CC(c1ccc(Cl)cc1)N(C)c1nc(N)ncc1[N+](=O)[O-]. The van der Waals surface area contributed by atoms with Crippen LogP contribution in [0.5, 0.6) is 0 Å². The van der Waals surface area contributed by atoms with E-state index in [0.717, 1.165) is 11.8 Å². The van der Waals surface area contributed by atoms with Crippen molar-refractivity contribution in [2.45, 2.75) is 13.0 Å². The number of hydrogen-bond donors (Lipinski definition) is 1. The Morgan fingerprint density at radius 2 is 2.00 bits per heavy atom. The van der Waals surface area contributed by atoms with E-state index in [1.807, 2.05) is 19.1 Å². The first kappa shape index (κ1) is 15.0. The molecule has 2 N–H and O–H groups in total. The number of nitrogens with two attached hydrogens (primary N) is 1. The molecule has 2 rings (SSSR count). The van der Waals surface area contributed by atoms with Crippen molar-refractivity contribution in [3.63, 3.8) is 0 Å². The fraction of sp³-hybridized carbons (Fsp3) is 0.231. The third-order valence-corrected chi connectivity index (χ3v) is 3.48. The van der Waals surface area contributed by atoms with E-state index in [1.54, 1.807) is 24.1 Å². The summed E-state index contributed by atoms with van der Waals surface area (Å²) in [6.45, 7) is 1.91. The lowest BCUT2D eigenvalue weighted by Crippen LogP contribution is -2.24. The van der Waals surface area contributed by atoms with Crippen LogP contribution in [0.2, 0.25) is 5.02 Å². The Balaban J connectivity index is 2.39. The van der Waals surface area contributed by atoms with E-state index in [2.05, 4.69) is 9.97 Å². The molecule has 0 spiro atoms. The van der Waals surface area contributed by atoms with Gasteiger partial charge in [0.05, 0.1) is 11.0 Å². The molecule has 2 aromatic rings. The van der Waals surface area contributed by atoms with Crippen molar-refractivity contribution in [1.82, 2.24) is 9.97 Å². The van der Waals surface area contributed by atoms with Gasteiger partial charge in [0.2, 0.25) is 11.8 Å². The maximum atomic E-state index is 11.1. The zero-order valence-corrected chi connectivity index (χ0v) is 12.3. The molecule has 0 fully saturated rings. The van der Waals surface area contributed by atoms with E-state index in [-0.39, 0.29) is 23.5 Å². The normalized spacial score (nSPS) is 12.0. The zero-order valence-electron chi connectivity index (χ0n) is 11.5. The monoisotopic (exact) mass is 307 g/mol. The maximum Gasteiger partial charge on any atom is 0.329 e. The van der Waals surface area contributed by atoms with Gasteiger partial charge in [-0.05, 0) is 24.6 Å². The van der Waals surface area contributed by atoms with Gasteiger partial charge < -0.3 is 10.6 Å². The van der Waals surface area contributed by atoms with E-state index in [9.17, 15) is 10.1 Å². The second kappa shape index (κ2) is 5.92. The molecule has 1 aromatic carbocycles. The Hall–Kier alpha value is -2.41. The molecule has 1 heterocycles. The van der Waals surface area contributed by atoms with Crippen molar-refractivity contribution in [3.8, 4) is 0 Å². The van der Waals surface area contributed by atoms with Crippen molar-refractivity contribution in [1.29, 1.82) is 0 Å². The van der Waals surface area contributed by atoms with Crippen molar-refractivity contribution in [2.24, 2.45) is 0 Å². The number of benzene rings is 1. The molecule has 0 radical (unpaired) electrons. The Kier molecular flexibility index (Phi) is 4.23. The highest BCUT2D eigenvalue weighted by atomic mass is 35.5. The van der Waals surface area contributed by atoms with Crippen LogP contribution in [0.3, 0.4) is 0 Å². The van der Waals surface area contributed by atoms with Gasteiger partial charge in [0.15, 0.2) is 0 Å². The Morgan fingerprint density at radius 1 is 1.38 bits per heavy atom. The number of nitro groups is 1. The Bertz CT molecular complexity index is 662. The number of aromatic nitrogens is 2. The molecule has 1 aromatic heterocycles. The molecule has 0 aliphatic carbocycles. The van der Waals surface area contributed by atoms with Gasteiger partial charge in [-0.3, -0.25) is 10.1 Å². The number of rotatable bonds is 4. The van der Waals surface area contributed by atoms with Crippen LogP contribution in [0.25, 0.3) is 0 Å². The molecule has 21 heavy (non-hydrogen) atoms. The molecule has 7 nitrogen and oxygen atoms in total. The molecule has 1 unspecified atom stereocenters. The number of anilines is 2. The first-order chi connectivity index (χ1) is 9.90. The van der Waals surface area contributed by atoms with Gasteiger partial charge in [0.25, 0.3) is 0 Å². The largest absolute Gasteiger partial charge is 0.368 e. The van der Waals surface area contributed by atoms with Gasteiger partial charge >= 0.3 is 5.69 Å². The predicted molar refractivity (Wildman–Crippen MR) is 81.4 cm³/mol. The van der Waals surface area contributed by atoms with Crippen LogP contribution in [0.4, 0.5) is 17.5 Å². The molecule has 1 atom stereocenters. The lowest BCUT2D eigenvalue weighted by atomic mass is 10.1. The van der Waals surface area contributed by atoms with Gasteiger partial charge in [-0.1, -0.05) is 23.7 Å². The Labute approximate surface area is 126 Å². The summed E-state index contributed by atoms with van der Waals surface area (Å²) in [4.78, 5) is 19.9. The lowest BCUT2D eigenvalue weighted by molar-refractivity contribution is -0.384. The predicted octanol–water partition coefficient (Wildman–Crippen LogP) is 2.82. The van der Waals surface area contributed by atoms with E-state index in [0.29, 0.717) is 5.02 Å². The highest BCUT2D eigenvalue weighted by Gasteiger charge is 2.24. The van der Waals surface area contributed by atoms with Crippen LogP contribution in [-0.2, 0) is 0 Å². The summed E-state index contributed by atoms with van der Waals surface area (Å²) >= 11 is 5.86. The third kappa shape index (κ3) is 3.19. The minimum atomic E-state index is -0.528. The second-order valence-corrected chi connectivity index (χ2v) is 4.97. The van der Waals surface area contributed by atoms with Crippen LogP contribution < -0.4 is 10.6 Å². The number of halogens is 1. The van der Waals surface area contributed by atoms with E-state index in [4.69, 9.17) is 17.3 Å². The molecule has 0 saturated heterocycles. The standard InChI is InChI=1S/C13H14ClN5O2/c1-8(9-3-5-10(14)6-4-9)18(2)12-11(19(20)21)7-16-13(15)17-12/h3-8H,1-2H3,(H2,15,16,17). The van der Waals surface area contributed by atoms with Crippen LogP contribution >= 0.6 is 11.6 Å². The summed E-state index contributed by atoms with van der Waals surface area (Å²) in [7, 11) is 1.72. The van der Waals surface area contributed by atoms with Crippen molar-refractivity contribution < 1.29 is 4.92 Å². The smallest absolute Gasteiger partial charge is 0.329 e. The second-order valence-electron chi connectivity index (χ2n) is 4.53. The summed E-state index contributed by atoms with van der Waals surface area (Å²) in [5.41, 5.74) is 6.30. The molecular formula is C13H14ClN5O2.